The van der Waals surface area contributed by atoms with Crippen molar-refractivity contribution in [3.8, 4) is 11.3 Å². The zero-order chi connectivity index (χ0) is 22.3. The van der Waals surface area contributed by atoms with Crippen LogP contribution in [0.4, 0.5) is 11.4 Å². The topological polar surface area (TPSA) is 92.3 Å². The van der Waals surface area contributed by atoms with Crippen LogP contribution in [-0.4, -0.2) is 37.1 Å². The number of benzene rings is 2. The van der Waals surface area contributed by atoms with Crippen LogP contribution in [0.25, 0.3) is 11.3 Å². The molecule has 3 aromatic rings. The lowest BCUT2D eigenvalue weighted by molar-refractivity contribution is -0.113. The predicted molar refractivity (Wildman–Crippen MR) is 123 cm³/mol. The van der Waals surface area contributed by atoms with E-state index in [0.717, 1.165) is 28.6 Å². The molecule has 2 heterocycles. The molecule has 160 valence electrons. The quantitative estimate of drug-likeness (QED) is 0.448. The number of aryl methyl sites for hydroxylation is 1. The van der Waals surface area contributed by atoms with Crippen LogP contribution in [0.5, 0.6) is 0 Å². The first kappa shape index (κ1) is 21.6. The molecule has 31 heavy (non-hydrogen) atoms. The molecule has 1 aliphatic rings. The Labute approximate surface area is 189 Å². The summed E-state index contributed by atoms with van der Waals surface area (Å²) in [6, 6.07) is 10.7. The van der Waals surface area contributed by atoms with E-state index in [1.807, 2.05) is 32.0 Å². The second-order valence-electron chi connectivity index (χ2n) is 7.08. The Morgan fingerprint density at radius 3 is 2.77 bits per heavy atom. The van der Waals surface area contributed by atoms with Crippen LogP contribution in [0.15, 0.2) is 52.6 Å². The number of carbonyl (C=O) groups is 1. The Bertz CT molecular complexity index is 1310. The highest BCUT2D eigenvalue weighted by Crippen LogP contribution is 2.42. The van der Waals surface area contributed by atoms with Gasteiger partial charge in [-0.2, -0.15) is 0 Å². The van der Waals surface area contributed by atoms with Crippen molar-refractivity contribution >= 4 is 50.7 Å². The molecule has 0 unspecified atom stereocenters. The minimum Gasteiger partial charge on any atom is -0.325 e. The lowest BCUT2D eigenvalue weighted by Gasteiger charge is -2.28. The second kappa shape index (κ2) is 8.14. The number of rotatable bonds is 4. The Morgan fingerprint density at radius 1 is 1.23 bits per heavy atom. The largest absolute Gasteiger partial charge is 0.325 e. The Morgan fingerprint density at radius 2 is 2.00 bits per heavy atom. The van der Waals surface area contributed by atoms with Crippen molar-refractivity contribution in [3.63, 3.8) is 0 Å². The van der Waals surface area contributed by atoms with Gasteiger partial charge in [0.05, 0.1) is 23.3 Å². The number of carbonyl (C=O) groups excluding carboxylic acids is 1. The molecule has 0 radical (unpaired) electrons. The fraction of sp³-hybridized carbons (Fsp3) is 0.190. The lowest BCUT2D eigenvalue weighted by atomic mass is 10.1. The van der Waals surface area contributed by atoms with Crippen molar-refractivity contribution in [2.24, 2.45) is 0 Å². The van der Waals surface area contributed by atoms with E-state index in [0.29, 0.717) is 21.4 Å². The number of nitrogens with one attached hydrogen (secondary N) is 1. The summed E-state index contributed by atoms with van der Waals surface area (Å²) in [6.45, 7) is 3.93. The zero-order valence-electron chi connectivity index (χ0n) is 17.0. The molecule has 10 heteroatoms. The van der Waals surface area contributed by atoms with Crippen molar-refractivity contribution in [1.82, 2.24) is 9.97 Å². The van der Waals surface area contributed by atoms with Crippen LogP contribution in [0.1, 0.15) is 11.1 Å². The zero-order valence-corrected chi connectivity index (χ0v) is 19.4. The highest BCUT2D eigenvalue weighted by molar-refractivity contribution is 7.99. The molecule has 4 rings (SSSR count). The van der Waals surface area contributed by atoms with Crippen molar-refractivity contribution in [2.45, 2.75) is 23.9 Å². The fourth-order valence-corrected chi connectivity index (χ4v) is 5.34. The molecular weight excluding hydrogens is 456 g/mol. The van der Waals surface area contributed by atoms with Gasteiger partial charge in [0.2, 0.25) is 5.91 Å². The maximum atomic E-state index is 12.8. The van der Waals surface area contributed by atoms with E-state index in [1.54, 1.807) is 18.2 Å². The van der Waals surface area contributed by atoms with E-state index in [1.165, 1.54) is 17.5 Å². The third-order valence-corrected chi connectivity index (χ3v) is 8.00. The van der Waals surface area contributed by atoms with Gasteiger partial charge in [-0.3, -0.25) is 9.10 Å². The molecular formula is C21H19ClN4O3S2. The molecule has 0 saturated heterocycles. The van der Waals surface area contributed by atoms with Gasteiger partial charge in [-0.1, -0.05) is 35.5 Å². The van der Waals surface area contributed by atoms with Crippen LogP contribution < -0.4 is 9.62 Å². The molecule has 0 fully saturated rings. The summed E-state index contributed by atoms with van der Waals surface area (Å²) >= 11 is 7.27. The number of fused-ring (bicyclic) bond motifs is 3. The average molecular weight is 475 g/mol. The summed E-state index contributed by atoms with van der Waals surface area (Å²) in [6.07, 6.45) is 1.28. The maximum Gasteiger partial charge on any atom is 0.267 e. The van der Waals surface area contributed by atoms with Gasteiger partial charge >= 0.3 is 0 Å². The number of hydrogen-bond donors (Lipinski definition) is 1. The van der Waals surface area contributed by atoms with Gasteiger partial charge in [-0.25, -0.2) is 18.4 Å². The number of anilines is 2. The van der Waals surface area contributed by atoms with E-state index < -0.39 is 10.0 Å². The molecule has 7 nitrogen and oxygen atoms in total. The number of aromatic nitrogens is 2. The third-order valence-electron chi connectivity index (χ3n) is 5.14. The van der Waals surface area contributed by atoms with Gasteiger partial charge in [0, 0.05) is 23.3 Å². The van der Waals surface area contributed by atoms with Crippen LogP contribution in [0, 0.1) is 13.8 Å². The standard InChI is InChI=1S/C21H19ClN4O3S2/c1-12-5-4-6-16(13(12)2)24-19(27)11-30-21-23-10-18-20(25-21)15-9-14(22)7-8-17(15)26(3)31(18,28)29/h4-10H,11H2,1-3H3,(H,24,27). The monoisotopic (exact) mass is 474 g/mol. The third kappa shape index (κ3) is 4.00. The highest BCUT2D eigenvalue weighted by Gasteiger charge is 2.34. The number of amides is 1. The molecule has 0 saturated carbocycles. The average Bonchev–Trinajstić information content (AvgIpc) is 2.74. The van der Waals surface area contributed by atoms with Gasteiger partial charge in [0.15, 0.2) is 5.16 Å². The first-order valence-corrected chi connectivity index (χ1v) is 12.1. The van der Waals surface area contributed by atoms with E-state index in [2.05, 4.69) is 15.3 Å². The Kier molecular flexibility index (Phi) is 5.67. The molecule has 1 aromatic heterocycles. The number of nitrogens with zero attached hydrogens (tertiary/aromatic N) is 3. The number of sulfonamides is 1. The second-order valence-corrected chi connectivity index (χ2v) is 10.4. The molecule has 0 atom stereocenters. The first-order valence-electron chi connectivity index (χ1n) is 9.33. The molecule has 1 N–H and O–H groups in total. The highest BCUT2D eigenvalue weighted by atomic mass is 35.5. The summed E-state index contributed by atoms with van der Waals surface area (Å²) in [5, 5.41) is 3.67. The van der Waals surface area contributed by atoms with Gasteiger partial charge in [0.1, 0.15) is 4.90 Å². The van der Waals surface area contributed by atoms with Gasteiger partial charge in [-0.05, 0) is 49.2 Å². The molecule has 0 bridgehead atoms. The van der Waals surface area contributed by atoms with Crippen LogP contribution in [0.3, 0.4) is 0 Å². The summed E-state index contributed by atoms with van der Waals surface area (Å²) in [4.78, 5) is 21.0. The molecule has 1 amide bonds. The van der Waals surface area contributed by atoms with Crippen molar-refractivity contribution in [1.29, 1.82) is 0 Å². The number of halogens is 1. The maximum absolute atomic E-state index is 12.8. The lowest BCUT2D eigenvalue weighted by Crippen LogP contribution is -2.31. The summed E-state index contributed by atoms with van der Waals surface area (Å²) in [7, 11) is -2.29. The summed E-state index contributed by atoms with van der Waals surface area (Å²) < 4.78 is 26.9. The van der Waals surface area contributed by atoms with Crippen molar-refractivity contribution in [2.75, 3.05) is 22.4 Å². The summed E-state index contributed by atoms with van der Waals surface area (Å²) in [5.74, 6) is -0.114. The van der Waals surface area contributed by atoms with Gasteiger partial charge in [-0.15, -0.1) is 0 Å². The summed E-state index contributed by atoms with van der Waals surface area (Å²) in [5.41, 5.74) is 4.22. The van der Waals surface area contributed by atoms with Crippen molar-refractivity contribution in [3.05, 3.63) is 58.7 Å². The molecule has 2 aromatic carbocycles. The minimum absolute atomic E-state index is 0.00829. The smallest absolute Gasteiger partial charge is 0.267 e. The van der Waals surface area contributed by atoms with Crippen LogP contribution in [-0.2, 0) is 14.8 Å². The Hall–Kier alpha value is -2.62. The molecule has 0 spiro atoms. The fourth-order valence-electron chi connectivity index (χ4n) is 3.26. The van der Waals surface area contributed by atoms with E-state index >= 15 is 0 Å². The van der Waals surface area contributed by atoms with Crippen molar-refractivity contribution < 1.29 is 13.2 Å². The van der Waals surface area contributed by atoms with Crippen LogP contribution in [0.2, 0.25) is 5.02 Å². The predicted octanol–water partition coefficient (Wildman–Crippen LogP) is 4.28. The van der Waals surface area contributed by atoms with Gasteiger partial charge < -0.3 is 5.32 Å². The first-order chi connectivity index (χ1) is 14.7. The van der Waals surface area contributed by atoms with E-state index in [4.69, 9.17) is 11.6 Å². The van der Waals surface area contributed by atoms with E-state index in [9.17, 15) is 13.2 Å². The normalized spacial score (nSPS) is 14.0. The van der Waals surface area contributed by atoms with E-state index in [-0.39, 0.29) is 22.2 Å². The molecule has 1 aliphatic heterocycles. The SMILES string of the molecule is Cc1cccc(NC(=O)CSc2ncc3c(n2)-c2cc(Cl)ccc2N(C)S3(=O)=O)c1C. The van der Waals surface area contributed by atoms with Gasteiger partial charge in [0.25, 0.3) is 10.0 Å². The number of hydrogen-bond acceptors (Lipinski definition) is 6. The minimum atomic E-state index is -3.77. The number of thioether (sulfide) groups is 1. The Balaban J connectivity index is 1.59. The van der Waals surface area contributed by atoms with Crippen LogP contribution >= 0.6 is 23.4 Å². The molecule has 0 aliphatic carbocycles.